The molecule has 1 aromatic rings. The third-order valence-electron chi connectivity index (χ3n) is 2.55. The Kier molecular flexibility index (Phi) is 5.46. The monoisotopic (exact) mass is 303 g/mol. The maximum Gasteiger partial charge on any atom is 0.243 e. The fraction of sp³-hybridized carbons (Fsp3) is 0.417. The van der Waals surface area contributed by atoms with E-state index < -0.39 is 20.7 Å². The lowest BCUT2D eigenvalue weighted by atomic mass is 10.2. The van der Waals surface area contributed by atoms with Gasteiger partial charge in [0.15, 0.2) is 0 Å². The van der Waals surface area contributed by atoms with E-state index in [0.717, 1.165) is 6.07 Å². The molecule has 0 aliphatic carbocycles. The second kappa shape index (κ2) is 6.67. The zero-order valence-corrected chi connectivity index (χ0v) is 12.2. The van der Waals surface area contributed by atoms with Gasteiger partial charge in [0.05, 0.1) is 0 Å². The zero-order valence-electron chi connectivity index (χ0n) is 11.4. The van der Waals surface area contributed by atoms with Crippen LogP contribution in [0.1, 0.15) is 18.9 Å². The maximum atomic E-state index is 13.8. The number of nitrogen functional groups attached to an aromatic ring is 1. The minimum atomic E-state index is -4.03. The van der Waals surface area contributed by atoms with Gasteiger partial charge in [0.25, 0.3) is 0 Å². The van der Waals surface area contributed by atoms with E-state index >= 15 is 0 Å². The Balaban J connectivity index is 2.82. The third-order valence-corrected chi connectivity index (χ3v) is 4.01. The molecule has 1 amide bonds. The van der Waals surface area contributed by atoms with Gasteiger partial charge in [0.1, 0.15) is 10.7 Å². The van der Waals surface area contributed by atoms with E-state index in [4.69, 9.17) is 5.73 Å². The fourth-order valence-corrected chi connectivity index (χ4v) is 2.84. The van der Waals surface area contributed by atoms with Gasteiger partial charge >= 0.3 is 0 Å². The van der Waals surface area contributed by atoms with Crippen molar-refractivity contribution in [3.8, 4) is 0 Å². The lowest BCUT2D eigenvalue weighted by Gasteiger charge is -2.10. The number of nitrogens with two attached hydrogens (primary N) is 1. The predicted molar refractivity (Wildman–Crippen MR) is 74.0 cm³/mol. The molecule has 0 aliphatic rings. The molecule has 20 heavy (non-hydrogen) atoms. The molecule has 0 spiro atoms. The Morgan fingerprint density at radius 3 is 2.65 bits per heavy atom. The van der Waals surface area contributed by atoms with Crippen LogP contribution in [0.15, 0.2) is 17.0 Å². The molecule has 4 N–H and O–H groups in total. The molecule has 0 heterocycles. The van der Waals surface area contributed by atoms with Gasteiger partial charge in [-0.3, -0.25) is 4.79 Å². The van der Waals surface area contributed by atoms with Gasteiger partial charge in [0.2, 0.25) is 15.9 Å². The molecule has 8 heteroatoms. The van der Waals surface area contributed by atoms with E-state index in [-0.39, 0.29) is 30.1 Å². The lowest BCUT2D eigenvalue weighted by Crippen LogP contribution is -2.31. The molecule has 1 rings (SSSR count). The number of hydrogen-bond acceptors (Lipinski definition) is 4. The van der Waals surface area contributed by atoms with E-state index in [1.165, 1.54) is 13.0 Å². The van der Waals surface area contributed by atoms with Crippen molar-refractivity contribution in [1.82, 2.24) is 10.0 Å². The Bertz CT molecular complexity index is 602. The molecule has 0 radical (unpaired) electrons. The molecule has 0 aliphatic heterocycles. The average molecular weight is 303 g/mol. The van der Waals surface area contributed by atoms with E-state index in [0.29, 0.717) is 6.54 Å². The summed E-state index contributed by atoms with van der Waals surface area (Å²) in [6.07, 6.45) is -0.0179. The van der Waals surface area contributed by atoms with Crippen LogP contribution in [0.25, 0.3) is 0 Å². The minimum Gasteiger partial charge on any atom is -0.399 e. The normalized spacial score (nSPS) is 11.3. The summed E-state index contributed by atoms with van der Waals surface area (Å²) < 4.78 is 39.9. The topological polar surface area (TPSA) is 101 Å². The number of benzene rings is 1. The number of halogens is 1. The fourth-order valence-electron chi connectivity index (χ4n) is 1.62. The third kappa shape index (κ3) is 4.17. The van der Waals surface area contributed by atoms with Crippen LogP contribution in [0.2, 0.25) is 0 Å². The molecule has 1 aromatic carbocycles. The first-order valence-corrected chi connectivity index (χ1v) is 7.58. The van der Waals surface area contributed by atoms with E-state index in [1.807, 2.05) is 0 Å². The average Bonchev–Trinajstić information content (AvgIpc) is 2.33. The summed E-state index contributed by atoms with van der Waals surface area (Å²) >= 11 is 0. The van der Waals surface area contributed by atoms with Crippen molar-refractivity contribution in [2.75, 3.05) is 18.8 Å². The minimum absolute atomic E-state index is 0.0179. The van der Waals surface area contributed by atoms with Crippen molar-refractivity contribution in [1.29, 1.82) is 0 Å². The van der Waals surface area contributed by atoms with Crippen molar-refractivity contribution in [2.24, 2.45) is 0 Å². The Hall–Kier alpha value is -1.67. The molecule has 0 unspecified atom stereocenters. The highest BCUT2D eigenvalue weighted by molar-refractivity contribution is 7.89. The molecule has 0 saturated heterocycles. The molecule has 0 fully saturated rings. The summed E-state index contributed by atoms with van der Waals surface area (Å²) in [4.78, 5) is 10.7. The quantitative estimate of drug-likeness (QED) is 0.667. The van der Waals surface area contributed by atoms with E-state index in [9.17, 15) is 17.6 Å². The summed E-state index contributed by atoms with van der Waals surface area (Å²) in [5.41, 5.74) is 5.83. The molecular weight excluding hydrogens is 285 g/mol. The molecule has 0 aromatic heterocycles. The van der Waals surface area contributed by atoms with Crippen molar-refractivity contribution >= 4 is 21.6 Å². The standard InChI is InChI=1S/C12H18FN3O3S/c1-3-15-11(17)4-5-16-20(18,19)10-7-9(14)6-8(2)12(10)13/h6-7,16H,3-5,14H2,1-2H3,(H,15,17). The number of sulfonamides is 1. The molecule has 0 saturated carbocycles. The number of hydrogen-bond donors (Lipinski definition) is 3. The second-order valence-electron chi connectivity index (χ2n) is 4.25. The smallest absolute Gasteiger partial charge is 0.243 e. The zero-order chi connectivity index (χ0) is 15.3. The van der Waals surface area contributed by atoms with Gasteiger partial charge < -0.3 is 11.1 Å². The van der Waals surface area contributed by atoms with Crippen LogP contribution in [0.5, 0.6) is 0 Å². The summed E-state index contributed by atoms with van der Waals surface area (Å²) in [6.45, 7) is 3.54. The maximum absolute atomic E-state index is 13.8. The molecule has 112 valence electrons. The predicted octanol–water partition coefficient (Wildman–Crippen LogP) is 0.521. The Morgan fingerprint density at radius 1 is 1.40 bits per heavy atom. The molecule has 6 nitrogen and oxygen atoms in total. The van der Waals surface area contributed by atoms with Crippen LogP contribution in [0.3, 0.4) is 0 Å². The first-order valence-electron chi connectivity index (χ1n) is 6.10. The lowest BCUT2D eigenvalue weighted by molar-refractivity contribution is -0.120. The number of aryl methyl sites for hydroxylation is 1. The SMILES string of the molecule is CCNC(=O)CCNS(=O)(=O)c1cc(N)cc(C)c1F. The van der Waals surface area contributed by atoms with Crippen LogP contribution in [0, 0.1) is 12.7 Å². The Labute approximate surface area is 117 Å². The molecular formula is C12H18FN3O3S. The van der Waals surface area contributed by atoms with Crippen molar-refractivity contribution < 1.29 is 17.6 Å². The highest BCUT2D eigenvalue weighted by Gasteiger charge is 2.21. The second-order valence-corrected chi connectivity index (χ2v) is 5.99. The summed E-state index contributed by atoms with van der Waals surface area (Å²) in [5, 5.41) is 2.53. The largest absolute Gasteiger partial charge is 0.399 e. The van der Waals surface area contributed by atoms with Gasteiger partial charge in [0, 0.05) is 25.2 Å². The number of carbonyl (C=O) groups excluding carboxylic acids is 1. The van der Waals surface area contributed by atoms with Crippen molar-refractivity contribution in [2.45, 2.75) is 25.2 Å². The molecule has 0 atom stereocenters. The highest BCUT2D eigenvalue weighted by atomic mass is 32.2. The summed E-state index contributed by atoms with van der Waals surface area (Å²) in [5.74, 6) is -1.12. The van der Waals surface area contributed by atoms with Gasteiger partial charge in [-0.2, -0.15) is 0 Å². The van der Waals surface area contributed by atoms with Gasteiger partial charge in [-0.1, -0.05) is 0 Å². The van der Waals surface area contributed by atoms with Crippen molar-refractivity contribution in [3.63, 3.8) is 0 Å². The van der Waals surface area contributed by atoms with Gasteiger partial charge in [-0.05, 0) is 31.5 Å². The van der Waals surface area contributed by atoms with Gasteiger partial charge in [-0.15, -0.1) is 0 Å². The number of amides is 1. The first-order chi connectivity index (χ1) is 9.27. The van der Waals surface area contributed by atoms with Crippen LogP contribution in [-0.4, -0.2) is 27.4 Å². The van der Waals surface area contributed by atoms with E-state index in [1.54, 1.807) is 6.92 Å². The number of rotatable bonds is 6. The molecule has 0 bridgehead atoms. The first kappa shape index (κ1) is 16.4. The van der Waals surface area contributed by atoms with Crippen LogP contribution >= 0.6 is 0 Å². The van der Waals surface area contributed by atoms with Crippen LogP contribution < -0.4 is 15.8 Å². The summed E-state index contributed by atoms with van der Waals surface area (Å²) in [7, 11) is -4.03. The van der Waals surface area contributed by atoms with E-state index in [2.05, 4.69) is 10.0 Å². The summed E-state index contributed by atoms with van der Waals surface area (Å²) in [6, 6.07) is 2.40. The van der Waals surface area contributed by atoms with Crippen LogP contribution in [-0.2, 0) is 14.8 Å². The number of anilines is 1. The van der Waals surface area contributed by atoms with Gasteiger partial charge in [-0.25, -0.2) is 17.5 Å². The number of carbonyl (C=O) groups is 1. The van der Waals surface area contributed by atoms with Crippen LogP contribution in [0.4, 0.5) is 10.1 Å². The Morgan fingerprint density at radius 2 is 2.05 bits per heavy atom. The van der Waals surface area contributed by atoms with Crippen molar-refractivity contribution in [3.05, 3.63) is 23.5 Å². The highest BCUT2D eigenvalue weighted by Crippen LogP contribution is 2.21. The number of nitrogens with one attached hydrogen (secondary N) is 2.